The number of nitriles is 1. The zero-order valence-electron chi connectivity index (χ0n) is 8.90. The van der Waals surface area contributed by atoms with Crippen LogP contribution in [0, 0.1) is 11.3 Å². The summed E-state index contributed by atoms with van der Waals surface area (Å²) in [6.45, 7) is 1.97. The largest absolute Gasteiger partial charge is 0.335 e. The van der Waals surface area contributed by atoms with E-state index in [2.05, 4.69) is 26.2 Å². The van der Waals surface area contributed by atoms with E-state index in [4.69, 9.17) is 5.26 Å². The Morgan fingerprint density at radius 2 is 2.44 bits per heavy atom. The first-order valence-electron chi connectivity index (χ1n) is 4.99. The standard InChI is InChI=1S/C11H12BrN3O/c1-2-3-9(6-13)15-11(16)10-5-4-8(12)7-14-10/h4-5,7,9H,2-3H2,1H3,(H,15,16). The summed E-state index contributed by atoms with van der Waals surface area (Å²) in [6, 6.07) is 4.95. The van der Waals surface area contributed by atoms with Crippen LogP contribution in [0.3, 0.4) is 0 Å². The van der Waals surface area contributed by atoms with Crippen LogP contribution in [0.15, 0.2) is 22.8 Å². The molecule has 0 saturated carbocycles. The van der Waals surface area contributed by atoms with E-state index in [1.165, 1.54) is 0 Å². The van der Waals surface area contributed by atoms with Gasteiger partial charge >= 0.3 is 0 Å². The van der Waals surface area contributed by atoms with Gasteiger partial charge in [0.2, 0.25) is 0 Å². The summed E-state index contributed by atoms with van der Waals surface area (Å²) in [4.78, 5) is 15.6. The van der Waals surface area contributed by atoms with E-state index in [0.717, 1.165) is 10.9 Å². The molecule has 1 rings (SSSR count). The van der Waals surface area contributed by atoms with Crippen molar-refractivity contribution in [3.63, 3.8) is 0 Å². The van der Waals surface area contributed by atoms with Crippen molar-refractivity contribution in [2.75, 3.05) is 0 Å². The van der Waals surface area contributed by atoms with E-state index in [1.54, 1.807) is 18.3 Å². The number of aromatic nitrogens is 1. The lowest BCUT2D eigenvalue weighted by atomic mass is 10.2. The average molecular weight is 282 g/mol. The Kier molecular flexibility index (Phi) is 4.93. The molecular weight excluding hydrogens is 270 g/mol. The van der Waals surface area contributed by atoms with Crippen molar-refractivity contribution >= 4 is 21.8 Å². The van der Waals surface area contributed by atoms with E-state index in [-0.39, 0.29) is 5.91 Å². The van der Waals surface area contributed by atoms with Crippen molar-refractivity contribution in [3.05, 3.63) is 28.5 Å². The molecule has 84 valence electrons. The van der Waals surface area contributed by atoms with Gasteiger partial charge in [0.1, 0.15) is 11.7 Å². The highest BCUT2D eigenvalue weighted by Gasteiger charge is 2.12. The first kappa shape index (κ1) is 12.7. The van der Waals surface area contributed by atoms with Gasteiger partial charge in [-0.1, -0.05) is 13.3 Å². The third-order valence-electron chi connectivity index (χ3n) is 2.00. The van der Waals surface area contributed by atoms with Gasteiger partial charge in [-0.25, -0.2) is 4.98 Å². The number of hydrogen-bond donors (Lipinski definition) is 1. The van der Waals surface area contributed by atoms with Crippen molar-refractivity contribution in [1.29, 1.82) is 5.26 Å². The molecule has 0 saturated heterocycles. The lowest BCUT2D eigenvalue weighted by Gasteiger charge is -2.09. The van der Waals surface area contributed by atoms with Gasteiger partial charge in [0.15, 0.2) is 0 Å². The SMILES string of the molecule is CCCC(C#N)NC(=O)c1ccc(Br)cn1. The number of hydrogen-bond acceptors (Lipinski definition) is 3. The number of nitrogens with one attached hydrogen (secondary N) is 1. The molecule has 4 nitrogen and oxygen atoms in total. The van der Waals surface area contributed by atoms with E-state index in [9.17, 15) is 4.79 Å². The fourth-order valence-electron chi connectivity index (χ4n) is 1.20. The molecule has 16 heavy (non-hydrogen) atoms. The predicted octanol–water partition coefficient (Wildman–Crippen LogP) is 2.27. The zero-order chi connectivity index (χ0) is 12.0. The molecule has 1 unspecified atom stereocenters. The monoisotopic (exact) mass is 281 g/mol. The predicted molar refractivity (Wildman–Crippen MR) is 63.7 cm³/mol. The van der Waals surface area contributed by atoms with E-state index >= 15 is 0 Å². The molecule has 1 aromatic heterocycles. The summed E-state index contributed by atoms with van der Waals surface area (Å²) in [5, 5.41) is 11.4. The quantitative estimate of drug-likeness (QED) is 0.921. The average Bonchev–Trinajstić information content (AvgIpc) is 2.29. The molecule has 1 amide bonds. The number of carbonyl (C=O) groups excluding carboxylic acids is 1. The van der Waals surface area contributed by atoms with Crippen LogP contribution in [0.2, 0.25) is 0 Å². The van der Waals surface area contributed by atoms with Gasteiger partial charge in [-0.15, -0.1) is 0 Å². The molecule has 0 aliphatic rings. The van der Waals surface area contributed by atoms with Crippen molar-refractivity contribution in [2.24, 2.45) is 0 Å². The summed E-state index contributed by atoms with van der Waals surface area (Å²) in [5.74, 6) is -0.312. The van der Waals surface area contributed by atoms with Crippen LogP contribution in [0.1, 0.15) is 30.3 Å². The number of carbonyl (C=O) groups is 1. The minimum absolute atomic E-state index is 0.312. The third-order valence-corrected chi connectivity index (χ3v) is 2.47. The Morgan fingerprint density at radius 1 is 1.69 bits per heavy atom. The smallest absolute Gasteiger partial charge is 0.270 e. The van der Waals surface area contributed by atoms with Gasteiger partial charge in [0.25, 0.3) is 5.91 Å². The molecule has 0 bridgehead atoms. The summed E-state index contributed by atoms with van der Waals surface area (Å²) in [5.41, 5.74) is 0.319. The van der Waals surface area contributed by atoms with E-state index < -0.39 is 6.04 Å². The Hall–Kier alpha value is -1.41. The molecule has 0 aliphatic heterocycles. The first-order chi connectivity index (χ1) is 7.67. The molecule has 5 heteroatoms. The highest BCUT2D eigenvalue weighted by Crippen LogP contribution is 2.07. The lowest BCUT2D eigenvalue weighted by Crippen LogP contribution is -2.34. The van der Waals surface area contributed by atoms with Crippen LogP contribution in [-0.4, -0.2) is 16.9 Å². The zero-order valence-corrected chi connectivity index (χ0v) is 10.5. The third kappa shape index (κ3) is 3.63. The van der Waals surface area contributed by atoms with Crippen molar-refractivity contribution in [3.8, 4) is 6.07 Å². The first-order valence-corrected chi connectivity index (χ1v) is 5.78. The molecule has 0 aliphatic carbocycles. The molecule has 0 aromatic carbocycles. The second kappa shape index (κ2) is 6.23. The van der Waals surface area contributed by atoms with Crippen LogP contribution in [0.5, 0.6) is 0 Å². The number of rotatable bonds is 4. The molecule has 0 fully saturated rings. The maximum absolute atomic E-state index is 11.7. The number of nitrogens with zero attached hydrogens (tertiary/aromatic N) is 2. The van der Waals surface area contributed by atoms with Gasteiger partial charge in [-0.3, -0.25) is 4.79 Å². The maximum Gasteiger partial charge on any atom is 0.270 e. The van der Waals surface area contributed by atoms with Crippen molar-refractivity contribution < 1.29 is 4.79 Å². The van der Waals surface area contributed by atoms with Crippen LogP contribution in [0.4, 0.5) is 0 Å². The van der Waals surface area contributed by atoms with Gasteiger partial charge in [0.05, 0.1) is 6.07 Å². The maximum atomic E-state index is 11.7. The highest BCUT2D eigenvalue weighted by atomic mass is 79.9. The molecule has 0 radical (unpaired) electrons. The minimum atomic E-state index is -0.442. The summed E-state index contributed by atoms with van der Waals surface area (Å²) < 4.78 is 0.814. The molecule has 1 atom stereocenters. The van der Waals surface area contributed by atoms with Gasteiger partial charge in [0, 0.05) is 10.7 Å². The van der Waals surface area contributed by atoms with Crippen molar-refractivity contribution in [1.82, 2.24) is 10.3 Å². The minimum Gasteiger partial charge on any atom is -0.335 e. The Morgan fingerprint density at radius 3 is 2.94 bits per heavy atom. The number of amides is 1. The van der Waals surface area contributed by atoms with Crippen LogP contribution in [0.25, 0.3) is 0 Å². The van der Waals surface area contributed by atoms with Gasteiger partial charge < -0.3 is 5.32 Å². The molecule has 1 heterocycles. The molecule has 0 spiro atoms. The molecular formula is C11H12BrN3O. The second-order valence-corrected chi connectivity index (χ2v) is 4.22. The van der Waals surface area contributed by atoms with Gasteiger partial charge in [-0.05, 0) is 34.5 Å². The van der Waals surface area contributed by atoms with E-state index in [0.29, 0.717) is 12.1 Å². The number of pyridine rings is 1. The fraction of sp³-hybridized carbons (Fsp3) is 0.364. The normalized spacial score (nSPS) is 11.6. The summed E-state index contributed by atoms with van der Waals surface area (Å²) >= 11 is 3.24. The van der Waals surface area contributed by atoms with E-state index in [1.807, 2.05) is 13.0 Å². The van der Waals surface area contributed by atoms with Crippen molar-refractivity contribution in [2.45, 2.75) is 25.8 Å². The number of halogens is 1. The molecule has 1 N–H and O–H groups in total. The Balaban J connectivity index is 2.65. The highest BCUT2D eigenvalue weighted by molar-refractivity contribution is 9.10. The van der Waals surface area contributed by atoms with Crippen LogP contribution < -0.4 is 5.32 Å². The van der Waals surface area contributed by atoms with Gasteiger partial charge in [-0.2, -0.15) is 5.26 Å². The Bertz CT molecular complexity index is 397. The molecule has 1 aromatic rings. The topological polar surface area (TPSA) is 65.8 Å². The summed E-state index contributed by atoms with van der Waals surface area (Å²) in [7, 11) is 0. The van der Waals surface area contributed by atoms with Crippen LogP contribution >= 0.6 is 15.9 Å². The second-order valence-electron chi connectivity index (χ2n) is 3.31. The summed E-state index contributed by atoms with van der Waals surface area (Å²) in [6.07, 6.45) is 3.06. The Labute approximate surface area is 103 Å². The fourth-order valence-corrected chi connectivity index (χ4v) is 1.43. The lowest BCUT2D eigenvalue weighted by molar-refractivity contribution is 0.0939. The van der Waals surface area contributed by atoms with Crippen LogP contribution in [-0.2, 0) is 0 Å².